The Balaban J connectivity index is 2.32. The molecule has 1 saturated heterocycles. The summed E-state index contributed by atoms with van der Waals surface area (Å²) in [4.78, 5) is 36.4. The van der Waals surface area contributed by atoms with Gasteiger partial charge in [0.05, 0.1) is 18.7 Å². The lowest BCUT2D eigenvalue weighted by atomic mass is 9.88. The number of esters is 1. The number of hydrogen-bond acceptors (Lipinski definition) is 7. The number of nitriles is 1. The SMILES string of the molecule is COC(=O)COc1ccc(C#N)cc1CC1(NC(=O)OC(C)(C)C)CCNC1=O. The van der Waals surface area contributed by atoms with Crippen molar-refractivity contribution in [2.75, 3.05) is 20.3 Å². The van der Waals surface area contributed by atoms with Crippen molar-refractivity contribution >= 4 is 18.0 Å². The van der Waals surface area contributed by atoms with Gasteiger partial charge in [0.25, 0.3) is 0 Å². The lowest BCUT2D eigenvalue weighted by Crippen LogP contribution is -2.56. The van der Waals surface area contributed by atoms with Gasteiger partial charge >= 0.3 is 12.1 Å². The Labute approximate surface area is 169 Å². The molecule has 0 aliphatic carbocycles. The highest BCUT2D eigenvalue weighted by Gasteiger charge is 2.45. The molecule has 1 aromatic carbocycles. The second-order valence-corrected chi connectivity index (χ2v) is 7.69. The molecule has 9 nitrogen and oxygen atoms in total. The topological polar surface area (TPSA) is 127 Å². The third kappa shape index (κ3) is 5.85. The van der Waals surface area contributed by atoms with Gasteiger partial charge in [-0.25, -0.2) is 9.59 Å². The fourth-order valence-electron chi connectivity index (χ4n) is 2.95. The lowest BCUT2D eigenvalue weighted by molar-refractivity contribution is -0.143. The number of carbonyl (C=O) groups is 3. The Morgan fingerprint density at radius 2 is 2.07 bits per heavy atom. The normalized spacial score (nSPS) is 18.4. The first-order valence-electron chi connectivity index (χ1n) is 9.11. The molecule has 1 aromatic rings. The Hall–Kier alpha value is -3.28. The average molecular weight is 403 g/mol. The highest BCUT2D eigenvalue weighted by Crippen LogP contribution is 2.29. The Bertz CT molecular complexity index is 840. The molecule has 0 spiro atoms. The summed E-state index contributed by atoms with van der Waals surface area (Å²) in [6.07, 6.45) is -0.328. The predicted octanol–water partition coefficient (Wildman–Crippen LogP) is 1.44. The van der Waals surface area contributed by atoms with Crippen LogP contribution in [0.25, 0.3) is 0 Å². The summed E-state index contributed by atoms with van der Waals surface area (Å²) in [5.74, 6) is -0.607. The van der Waals surface area contributed by atoms with Crippen molar-refractivity contribution in [1.29, 1.82) is 5.26 Å². The number of nitrogens with one attached hydrogen (secondary N) is 2. The monoisotopic (exact) mass is 403 g/mol. The van der Waals surface area contributed by atoms with Crippen LogP contribution >= 0.6 is 0 Å². The van der Waals surface area contributed by atoms with Crippen LogP contribution in [0.4, 0.5) is 4.79 Å². The van der Waals surface area contributed by atoms with Crippen LogP contribution in [0, 0.1) is 11.3 Å². The van der Waals surface area contributed by atoms with Crippen molar-refractivity contribution in [2.24, 2.45) is 0 Å². The Kier molecular flexibility index (Phi) is 6.69. The number of methoxy groups -OCH3 is 1. The van der Waals surface area contributed by atoms with Crippen molar-refractivity contribution < 1.29 is 28.6 Å². The molecular formula is C20H25N3O6. The fraction of sp³-hybridized carbons (Fsp3) is 0.500. The summed E-state index contributed by atoms with van der Waals surface area (Å²) < 4.78 is 15.4. The molecule has 0 aromatic heterocycles. The van der Waals surface area contributed by atoms with Crippen molar-refractivity contribution in [1.82, 2.24) is 10.6 Å². The summed E-state index contributed by atoms with van der Waals surface area (Å²) in [7, 11) is 1.24. The highest BCUT2D eigenvalue weighted by atomic mass is 16.6. The van der Waals surface area contributed by atoms with Crippen LogP contribution in [-0.2, 0) is 25.5 Å². The van der Waals surface area contributed by atoms with Gasteiger partial charge in [-0.1, -0.05) is 0 Å². The largest absolute Gasteiger partial charge is 0.482 e. The molecule has 2 rings (SSSR count). The van der Waals surface area contributed by atoms with Gasteiger partial charge < -0.3 is 24.8 Å². The highest BCUT2D eigenvalue weighted by molar-refractivity contribution is 5.92. The van der Waals surface area contributed by atoms with Crippen LogP contribution in [0.1, 0.15) is 38.3 Å². The van der Waals surface area contributed by atoms with Crippen LogP contribution in [0.5, 0.6) is 5.75 Å². The van der Waals surface area contributed by atoms with E-state index in [0.29, 0.717) is 29.8 Å². The van der Waals surface area contributed by atoms with Crippen LogP contribution < -0.4 is 15.4 Å². The number of hydrogen-bond donors (Lipinski definition) is 2. The van der Waals surface area contributed by atoms with Gasteiger partial charge in [0, 0.05) is 13.0 Å². The van der Waals surface area contributed by atoms with Gasteiger partial charge in [-0.3, -0.25) is 4.79 Å². The molecule has 1 unspecified atom stereocenters. The van der Waals surface area contributed by atoms with Crippen molar-refractivity contribution in [3.63, 3.8) is 0 Å². The number of nitrogens with zero attached hydrogens (tertiary/aromatic N) is 1. The van der Waals surface area contributed by atoms with E-state index < -0.39 is 23.2 Å². The molecule has 0 radical (unpaired) electrons. The number of carbonyl (C=O) groups excluding carboxylic acids is 3. The second-order valence-electron chi connectivity index (χ2n) is 7.69. The zero-order valence-corrected chi connectivity index (χ0v) is 17.0. The van der Waals surface area contributed by atoms with E-state index in [-0.39, 0.29) is 18.9 Å². The quantitative estimate of drug-likeness (QED) is 0.688. The standard InChI is InChI=1S/C20H25N3O6/c1-19(2,3)29-18(26)23-20(7-8-22-17(20)25)10-14-9-13(11-21)5-6-15(14)28-12-16(24)27-4/h5-6,9H,7-8,10,12H2,1-4H3,(H,22,25)(H,23,26). The molecule has 9 heteroatoms. The molecule has 1 aliphatic rings. The number of ether oxygens (including phenoxy) is 3. The van der Waals surface area contributed by atoms with Gasteiger partial charge in [-0.15, -0.1) is 0 Å². The van der Waals surface area contributed by atoms with E-state index in [1.165, 1.54) is 7.11 Å². The molecule has 2 N–H and O–H groups in total. The summed E-state index contributed by atoms with van der Waals surface area (Å²) >= 11 is 0. The molecule has 156 valence electrons. The minimum atomic E-state index is -1.26. The summed E-state index contributed by atoms with van der Waals surface area (Å²) in [5, 5.41) is 14.6. The van der Waals surface area contributed by atoms with Gasteiger partial charge in [0.2, 0.25) is 5.91 Å². The first-order valence-corrected chi connectivity index (χ1v) is 9.11. The molecule has 0 bridgehead atoms. The molecule has 2 amide bonds. The van der Waals surface area contributed by atoms with Crippen LogP contribution in [-0.4, -0.2) is 49.4 Å². The molecule has 0 saturated carbocycles. The summed E-state index contributed by atoms with van der Waals surface area (Å²) in [5.41, 5.74) is -1.13. The minimum absolute atomic E-state index is 0.0596. The maximum absolute atomic E-state index is 12.6. The minimum Gasteiger partial charge on any atom is -0.482 e. The van der Waals surface area contributed by atoms with Gasteiger partial charge in [-0.2, -0.15) is 5.26 Å². The number of benzene rings is 1. The summed E-state index contributed by atoms with van der Waals surface area (Å²) in [6, 6.07) is 6.68. The van der Waals surface area contributed by atoms with Crippen LogP contribution in [0.3, 0.4) is 0 Å². The van der Waals surface area contributed by atoms with E-state index >= 15 is 0 Å². The smallest absolute Gasteiger partial charge is 0.408 e. The molecule has 29 heavy (non-hydrogen) atoms. The number of rotatable bonds is 6. The number of alkyl carbamates (subject to hydrolysis) is 1. The maximum Gasteiger partial charge on any atom is 0.408 e. The van der Waals surface area contributed by atoms with Crippen molar-refractivity contribution in [2.45, 2.75) is 44.8 Å². The van der Waals surface area contributed by atoms with Gasteiger partial charge in [0.1, 0.15) is 16.9 Å². The van der Waals surface area contributed by atoms with Gasteiger partial charge in [0.15, 0.2) is 6.61 Å². The van der Waals surface area contributed by atoms with E-state index in [0.717, 1.165) is 0 Å². The zero-order valence-electron chi connectivity index (χ0n) is 17.0. The van der Waals surface area contributed by atoms with E-state index in [9.17, 15) is 19.6 Å². The third-order valence-electron chi connectivity index (χ3n) is 4.27. The van der Waals surface area contributed by atoms with E-state index in [4.69, 9.17) is 9.47 Å². The fourth-order valence-corrected chi connectivity index (χ4v) is 2.95. The van der Waals surface area contributed by atoms with E-state index in [2.05, 4.69) is 15.4 Å². The Morgan fingerprint density at radius 1 is 1.34 bits per heavy atom. The molecule has 1 atom stereocenters. The van der Waals surface area contributed by atoms with E-state index in [1.807, 2.05) is 6.07 Å². The second kappa shape index (κ2) is 8.82. The first kappa shape index (κ1) is 22.0. The molecule has 1 aliphatic heterocycles. The molecule has 1 heterocycles. The molecule has 1 fully saturated rings. The lowest BCUT2D eigenvalue weighted by Gasteiger charge is -2.30. The van der Waals surface area contributed by atoms with E-state index in [1.54, 1.807) is 39.0 Å². The Morgan fingerprint density at radius 3 is 2.62 bits per heavy atom. The maximum atomic E-state index is 12.6. The zero-order chi connectivity index (χ0) is 21.7. The van der Waals surface area contributed by atoms with Gasteiger partial charge in [-0.05, 0) is 51.0 Å². The third-order valence-corrected chi connectivity index (χ3v) is 4.27. The van der Waals surface area contributed by atoms with Crippen molar-refractivity contribution in [3.05, 3.63) is 29.3 Å². The first-order chi connectivity index (χ1) is 13.6. The van der Waals surface area contributed by atoms with Crippen molar-refractivity contribution in [3.8, 4) is 11.8 Å². The summed E-state index contributed by atoms with van der Waals surface area (Å²) in [6.45, 7) is 5.23. The van der Waals surface area contributed by atoms with Crippen LogP contribution in [0.2, 0.25) is 0 Å². The number of amides is 2. The molecular weight excluding hydrogens is 378 g/mol. The van der Waals surface area contributed by atoms with Crippen LogP contribution in [0.15, 0.2) is 18.2 Å². The predicted molar refractivity (Wildman–Crippen MR) is 102 cm³/mol. The average Bonchev–Trinajstić information content (AvgIpc) is 2.98.